The first kappa shape index (κ1) is 12.7. The molecule has 0 aliphatic carbocycles. The molecular formula is C18H17NO. The normalized spacial score (nSPS) is 11.2. The second kappa shape index (κ2) is 4.97. The Morgan fingerprint density at radius 2 is 1.85 bits per heavy atom. The van der Waals surface area contributed by atoms with Crippen LogP contribution >= 0.6 is 0 Å². The molecule has 2 heteroatoms. The summed E-state index contributed by atoms with van der Waals surface area (Å²) in [4.78, 5) is 4.51. The molecule has 100 valence electrons. The van der Waals surface area contributed by atoms with Gasteiger partial charge < -0.3 is 5.11 Å². The molecule has 3 rings (SSSR count). The Morgan fingerprint density at radius 3 is 2.60 bits per heavy atom. The highest BCUT2D eigenvalue weighted by Gasteiger charge is 2.10. The van der Waals surface area contributed by atoms with Gasteiger partial charge in [-0.3, -0.25) is 4.98 Å². The van der Waals surface area contributed by atoms with Crippen molar-refractivity contribution in [3.63, 3.8) is 0 Å². The van der Waals surface area contributed by atoms with E-state index in [1.165, 1.54) is 5.56 Å². The molecular weight excluding hydrogens is 246 g/mol. The van der Waals surface area contributed by atoms with Crippen LogP contribution in [0.2, 0.25) is 0 Å². The second-order valence-corrected chi connectivity index (χ2v) is 5.35. The van der Waals surface area contributed by atoms with Gasteiger partial charge in [0.25, 0.3) is 0 Å². The molecule has 0 amide bonds. The van der Waals surface area contributed by atoms with Crippen LogP contribution in [0.15, 0.2) is 54.7 Å². The zero-order valence-electron chi connectivity index (χ0n) is 11.7. The van der Waals surface area contributed by atoms with Gasteiger partial charge in [0.15, 0.2) is 0 Å². The molecule has 0 saturated carbocycles. The minimum atomic E-state index is 0.279. The lowest BCUT2D eigenvalue weighted by Crippen LogP contribution is -1.92. The SMILES string of the molecule is CC(C)c1cc(-c2cccc(O)c2)c2ncccc2c1. The molecule has 20 heavy (non-hydrogen) atoms. The number of phenols is 1. The fourth-order valence-electron chi connectivity index (χ4n) is 2.44. The Kier molecular flexibility index (Phi) is 3.15. The van der Waals surface area contributed by atoms with E-state index in [-0.39, 0.29) is 5.75 Å². The van der Waals surface area contributed by atoms with Crippen LogP contribution in [0, 0.1) is 0 Å². The van der Waals surface area contributed by atoms with Crippen molar-refractivity contribution < 1.29 is 5.11 Å². The highest BCUT2D eigenvalue weighted by Crippen LogP contribution is 2.32. The highest BCUT2D eigenvalue weighted by atomic mass is 16.3. The number of fused-ring (bicyclic) bond motifs is 1. The smallest absolute Gasteiger partial charge is 0.116 e. The van der Waals surface area contributed by atoms with Gasteiger partial charge in [-0.2, -0.15) is 0 Å². The Balaban J connectivity index is 2.32. The first-order chi connectivity index (χ1) is 9.65. The van der Waals surface area contributed by atoms with Gasteiger partial charge in [0.2, 0.25) is 0 Å². The van der Waals surface area contributed by atoms with Crippen molar-refractivity contribution in [3.05, 3.63) is 60.3 Å². The molecule has 2 nitrogen and oxygen atoms in total. The van der Waals surface area contributed by atoms with Crippen molar-refractivity contribution in [2.24, 2.45) is 0 Å². The largest absolute Gasteiger partial charge is 0.508 e. The van der Waals surface area contributed by atoms with Gasteiger partial charge in [-0.05, 0) is 47.4 Å². The average Bonchev–Trinajstić information content (AvgIpc) is 2.46. The van der Waals surface area contributed by atoms with Crippen molar-refractivity contribution in [2.75, 3.05) is 0 Å². The fourth-order valence-corrected chi connectivity index (χ4v) is 2.44. The molecule has 0 fully saturated rings. The third-order valence-electron chi connectivity index (χ3n) is 3.55. The molecule has 0 unspecified atom stereocenters. The predicted octanol–water partition coefficient (Wildman–Crippen LogP) is 4.73. The maximum Gasteiger partial charge on any atom is 0.116 e. The minimum absolute atomic E-state index is 0.279. The van der Waals surface area contributed by atoms with Crippen molar-refractivity contribution in [1.29, 1.82) is 0 Å². The van der Waals surface area contributed by atoms with Crippen molar-refractivity contribution in [3.8, 4) is 16.9 Å². The Morgan fingerprint density at radius 1 is 1.00 bits per heavy atom. The van der Waals surface area contributed by atoms with Gasteiger partial charge in [0, 0.05) is 17.1 Å². The number of rotatable bonds is 2. The van der Waals surface area contributed by atoms with Crippen LogP contribution in [0.4, 0.5) is 0 Å². The van der Waals surface area contributed by atoms with E-state index in [2.05, 4.69) is 37.0 Å². The second-order valence-electron chi connectivity index (χ2n) is 5.35. The minimum Gasteiger partial charge on any atom is -0.508 e. The first-order valence-corrected chi connectivity index (χ1v) is 6.83. The van der Waals surface area contributed by atoms with Crippen LogP contribution in [-0.2, 0) is 0 Å². The van der Waals surface area contributed by atoms with Crippen LogP contribution in [0.25, 0.3) is 22.0 Å². The molecule has 2 aromatic carbocycles. The zero-order valence-corrected chi connectivity index (χ0v) is 11.7. The summed E-state index contributed by atoms with van der Waals surface area (Å²) in [6, 6.07) is 15.8. The summed E-state index contributed by atoms with van der Waals surface area (Å²) in [7, 11) is 0. The number of hydrogen-bond acceptors (Lipinski definition) is 2. The fraction of sp³-hybridized carbons (Fsp3) is 0.167. The number of phenolic OH excluding ortho intramolecular Hbond substituents is 1. The summed E-state index contributed by atoms with van der Waals surface area (Å²) < 4.78 is 0. The predicted molar refractivity (Wildman–Crippen MR) is 82.9 cm³/mol. The molecule has 0 bridgehead atoms. The van der Waals surface area contributed by atoms with E-state index < -0.39 is 0 Å². The molecule has 0 atom stereocenters. The Labute approximate surface area is 118 Å². The third-order valence-corrected chi connectivity index (χ3v) is 3.55. The monoisotopic (exact) mass is 263 g/mol. The molecule has 1 heterocycles. The quantitative estimate of drug-likeness (QED) is 0.725. The van der Waals surface area contributed by atoms with Crippen LogP contribution in [-0.4, -0.2) is 10.1 Å². The summed E-state index contributed by atoms with van der Waals surface area (Å²) in [5, 5.41) is 10.8. The maximum atomic E-state index is 9.70. The van der Waals surface area contributed by atoms with Gasteiger partial charge in [0.05, 0.1) is 5.52 Å². The van der Waals surface area contributed by atoms with Gasteiger partial charge in [-0.15, -0.1) is 0 Å². The van der Waals surface area contributed by atoms with Gasteiger partial charge in [-0.1, -0.05) is 32.0 Å². The standard InChI is InChI=1S/C18H17NO/c1-12(2)15-9-14-6-4-8-19-18(14)17(11-15)13-5-3-7-16(20)10-13/h3-12,20H,1-2H3. The number of pyridine rings is 1. The molecule has 1 aromatic heterocycles. The number of hydrogen-bond donors (Lipinski definition) is 1. The zero-order chi connectivity index (χ0) is 14.1. The highest BCUT2D eigenvalue weighted by molar-refractivity contribution is 5.94. The number of aromatic hydroxyl groups is 1. The average molecular weight is 263 g/mol. The van der Waals surface area contributed by atoms with E-state index in [1.54, 1.807) is 12.1 Å². The van der Waals surface area contributed by atoms with E-state index in [0.29, 0.717) is 5.92 Å². The lowest BCUT2D eigenvalue weighted by molar-refractivity contribution is 0.475. The number of aromatic nitrogens is 1. The molecule has 0 saturated heterocycles. The lowest BCUT2D eigenvalue weighted by atomic mass is 9.94. The molecule has 0 radical (unpaired) electrons. The van der Waals surface area contributed by atoms with E-state index in [1.807, 2.05) is 24.4 Å². The van der Waals surface area contributed by atoms with E-state index in [9.17, 15) is 5.11 Å². The lowest BCUT2D eigenvalue weighted by Gasteiger charge is -2.12. The van der Waals surface area contributed by atoms with Crippen LogP contribution in [0.3, 0.4) is 0 Å². The maximum absolute atomic E-state index is 9.70. The van der Waals surface area contributed by atoms with Crippen LogP contribution < -0.4 is 0 Å². The van der Waals surface area contributed by atoms with Crippen LogP contribution in [0.1, 0.15) is 25.3 Å². The molecule has 3 aromatic rings. The van der Waals surface area contributed by atoms with E-state index in [0.717, 1.165) is 22.0 Å². The summed E-state index contributed by atoms with van der Waals surface area (Å²) in [5.41, 5.74) is 4.32. The van der Waals surface area contributed by atoms with E-state index >= 15 is 0 Å². The molecule has 0 spiro atoms. The Hall–Kier alpha value is -2.35. The molecule has 0 aliphatic heterocycles. The summed E-state index contributed by atoms with van der Waals surface area (Å²) in [6.07, 6.45) is 1.81. The van der Waals surface area contributed by atoms with Crippen LogP contribution in [0.5, 0.6) is 5.75 Å². The Bertz CT molecular complexity index is 762. The number of nitrogens with zero attached hydrogens (tertiary/aromatic N) is 1. The molecule has 0 aliphatic rings. The van der Waals surface area contributed by atoms with Gasteiger partial charge in [-0.25, -0.2) is 0 Å². The van der Waals surface area contributed by atoms with Crippen molar-refractivity contribution in [1.82, 2.24) is 4.98 Å². The third kappa shape index (κ3) is 2.25. The first-order valence-electron chi connectivity index (χ1n) is 6.83. The topological polar surface area (TPSA) is 33.1 Å². The summed E-state index contributed by atoms with van der Waals surface area (Å²) in [5.74, 6) is 0.734. The van der Waals surface area contributed by atoms with Gasteiger partial charge >= 0.3 is 0 Å². The van der Waals surface area contributed by atoms with Crippen molar-refractivity contribution >= 4 is 10.9 Å². The summed E-state index contributed by atoms with van der Waals surface area (Å²) >= 11 is 0. The van der Waals surface area contributed by atoms with Crippen molar-refractivity contribution in [2.45, 2.75) is 19.8 Å². The van der Waals surface area contributed by atoms with Gasteiger partial charge in [0.1, 0.15) is 5.75 Å². The molecule has 1 N–H and O–H groups in total. The van der Waals surface area contributed by atoms with E-state index in [4.69, 9.17) is 0 Å². The summed E-state index contributed by atoms with van der Waals surface area (Å²) in [6.45, 7) is 4.37. The number of benzene rings is 2.